The molecular weight excluding hydrogens is 418 g/mol. The van der Waals surface area contributed by atoms with Crippen molar-refractivity contribution < 1.29 is 14.1 Å². The highest BCUT2D eigenvalue weighted by Crippen LogP contribution is 2.37. The number of halogens is 1. The predicted octanol–water partition coefficient (Wildman–Crippen LogP) is 3.67. The van der Waals surface area contributed by atoms with Crippen LogP contribution in [-0.4, -0.2) is 41.7 Å². The number of nitrogens with zero attached hydrogens (tertiary/aromatic N) is 1. The van der Waals surface area contributed by atoms with Crippen molar-refractivity contribution in [1.82, 2.24) is 15.5 Å². The van der Waals surface area contributed by atoms with Gasteiger partial charge in [0.25, 0.3) is 5.56 Å². The Labute approximate surface area is 182 Å². The number of pyridine rings is 1. The predicted molar refractivity (Wildman–Crippen MR) is 117 cm³/mol. The number of fused-ring (bicyclic) bond motifs is 1. The van der Waals surface area contributed by atoms with E-state index in [1.54, 1.807) is 18.2 Å². The van der Waals surface area contributed by atoms with Crippen molar-refractivity contribution in [2.45, 2.75) is 6.04 Å². The molecule has 0 spiro atoms. The van der Waals surface area contributed by atoms with Crippen LogP contribution in [0.15, 0.2) is 64.0 Å². The molecule has 0 saturated carbocycles. The van der Waals surface area contributed by atoms with Crippen LogP contribution in [0.3, 0.4) is 0 Å². The van der Waals surface area contributed by atoms with Gasteiger partial charge in [-0.3, -0.25) is 9.59 Å². The van der Waals surface area contributed by atoms with E-state index in [1.807, 2.05) is 30.3 Å². The van der Waals surface area contributed by atoms with Gasteiger partial charge in [-0.25, -0.2) is 0 Å². The molecule has 0 aliphatic carbocycles. The molecule has 2 aromatic heterocycles. The van der Waals surface area contributed by atoms with E-state index in [2.05, 4.69) is 15.5 Å². The number of carbonyl (C=O) groups excluding carboxylic acids is 1. The van der Waals surface area contributed by atoms with Gasteiger partial charge in [0.1, 0.15) is 0 Å². The van der Waals surface area contributed by atoms with Crippen LogP contribution in [0.25, 0.3) is 33.4 Å². The average Bonchev–Trinajstić information content (AvgIpc) is 3.28. The summed E-state index contributed by atoms with van der Waals surface area (Å²) >= 11 is 6.27. The Morgan fingerprint density at radius 3 is 2.74 bits per heavy atom. The van der Waals surface area contributed by atoms with Crippen LogP contribution in [0.4, 0.5) is 0 Å². The van der Waals surface area contributed by atoms with Crippen molar-refractivity contribution in [3.63, 3.8) is 0 Å². The second-order valence-corrected chi connectivity index (χ2v) is 7.71. The van der Waals surface area contributed by atoms with Crippen LogP contribution in [0.5, 0.6) is 0 Å². The van der Waals surface area contributed by atoms with Gasteiger partial charge in [-0.15, -0.1) is 0 Å². The van der Waals surface area contributed by atoms with Crippen LogP contribution < -0.4 is 10.9 Å². The maximum absolute atomic E-state index is 13.2. The zero-order chi connectivity index (χ0) is 21.4. The lowest BCUT2D eigenvalue weighted by Crippen LogP contribution is -2.46. The number of hydrogen-bond acceptors (Lipinski definition) is 6. The van der Waals surface area contributed by atoms with Gasteiger partial charge >= 0.3 is 0 Å². The maximum Gasteiger partial charge on any atom is 0.260 e. The van der Waals surface area contributed by atoms with Crippen LogP contribution in [0.2, 0.25) is 5.02 Å². The van der Waals surface area contributed by atoms with Crippen LogP contribution in [0.1, 0.15) is 10.4 Å². The van der Waals surface area contributed by atoms with Gasteiger partial charge in [-0.2, -0.15) is 0 Å². The molecule has 4 aromatic rings. The maximum atomic E-state index is 13.2. The summed E-state index contributed by atoms with van der Waals surface area (Å²) in [5.74, 6) is -0.111. The Kier molecular flexibility index (Phi) is 5.15. The number of H-pyrrole nitrogens is 1. The van der Waals surface area contributed by atoms with E-state index in [9.17, 15) is 9.59 Å². The fraction of sp³-hybridized carbons (Fsp3) is 0.174. The zero-order valence-corrected chi connectivity index (χ0v) is 17.1. The van der Waals surface area contributed by atoms with Gasteiger partial charge in [-0.1, -0.05) is 47.1 Å². The molecule has 0 radical (unpaired) electrons. The molecule has 1 saturated heterocycles. The standard InChI is InChI=1S/C23H18ClN3O4/c24-14-6-7-17-15(10-14)19(13-4-2-1-3-5-13)20(23(29)27-17)22-16(11-26-31-22)21(28)18-12-30-9-8-25-18/h1-7,10-11,18,25H,8-9,12H2,(H,27,29). The number of morpholine rings is 1. The molecule has 8 heteroatoms. The summed E-state index contributed by atoms with van der Waals surface area (Å²) < 4.78 is 10.9. The largest absolute Gasteiger partial charge is 0.378 e. The Bertz CT molecular complexity index is 1320. The first kappa shape index (κ1) is 19.7. The summed E-state index contributed by atoms with van der Waals surface area (Å²) in [6, 6.07) is 14.2. The van der Waals surface area contributed by atoms with Gasteiger partial charge in [-0.05, 0) is 23.8 Å². The van der Waals surface area contributed by atoms with E-state index in [4.69, 9.17) is 20.9 Å². The summed E-state index contributed by atoms with van der Waals surface area (Å²) in [6.45, 7) is 1.36. The minimum absolute atomic E-state index is 0.124. The third kappa shape index (κ3) is 3.57. The number of benzene rings is 2. The van der Waals surface area contributed by atoms with E-state index in [-0.39, 0.29) is 34.8 Å². The van der Waals surface area contributed by atoms with Gasteiger partial charge in [0.2, 0.25) is 0 Å². The molecule has 3 heterocycles. The first-order valence-corrected chi connectivity index (χ1v) is 10.2. The van der Waals surface area contributed by atoms with E-state index in [0.29, 0.717) is 29.3 Å². The molecule has 1 aliphatic rings. The number of rotatable bonds is 4. The number of ketones is 1. The number of aromatic amines is 1. The van der Waals surface area contributed by atoms with Gasteiger partial charge < -0.3 is 19.6 Å². The molecule has 156 valence electrons. The molecule has 1 aliphatic heterocycles. The van der Waals surface area contributed by atoms with Crippen LogP contribution >= 0.6 is 11.6 Å². The lowest BCUT2D eigenvalue weighted by Gasteiger charge is -2.22. The highest BCUT2D eigenvalue weighted by molar-refractivity contribution is 6.31. The number of carbonyl (C=O) groups is 1. The molecule has 1 atom stereocenters. The first-order valence-electron chi connectivity index (χ1n) is 9.85. The molecule has 5 rings (SSSR count). The molecule has 1 fully saturated rings. The summed E-state index contributed by atoms with van der Waals surface area (Å²) in [5, 5.41) is 8.25. The number of aromatic nitrogens is 2. The first-order chi connectivity index (χ1) is 15.1. The number of ether oxygens (including phenoxy) is 1. The van der Waals surface area contributed by atoms with Crippen molar-refractivity contribution in [2.24, 2.45) is 0 Å². The Hall–Kier alpha value is -3.26. The van der Waals surface area contributed by atoms with E-state index in [1.165, 1.54) is 6.20 Å². The monoisotopic (exact) mass is 435 g/mol. The number of nitrogens with one attached hydrogen (secondary N) is 2. The fourth-order valence-corrected chi connectivity index (χ4v) is 4.08. The van der Waals surface area contributed by atoms with Crippen molar-refractivity contribution in [2.75, 3.05) is 19.8 Å². The Balaban J connectivity index is 1.77. The topological polar surface area (TPSA) is 97.2 Å². The minimum atomic E-state index is -0.527. The summed E-state index contributed by atoms with van der Waals surface area (Å²) in [7, 11) is 0. The second-order valence-electron chi connectivity index (χ2n) is 7.27. The van der Waals surface area contributed by atoms with E-state index < -0.39 is 6.04 Å². The smallest absolute Gasteiger partial charge is 0.260 e. The molecule has 7 nitrogen and oxygen atoms in total. The van der Waals surface area contributed by atoms with Crippen LogP contribution in [-0.2, 0) is 4.74 Å². The molecule has 31 heavy (non-hydrogen) atoms. The quantitative estimate of drug-likeness (QED) is 0.475. The average molecular weight is 436 g/mol. The Morgan fingerprint density at radius 1 is 1.13 bits per heavy atom. The molecule has 2 N–H and O–H groups in total. The van der Waals surface area contributed by atoms with Crippen LogP contribution in [0, 0.1) is 0 Å². The normalized spacial score (nSPS) is 16.5. The molecular formula is C23H18ClN3O4. The number of hydrogen-bond donors (Lipinski definition) is 2. The van der Waals surface area contributed by atoms with Gasteiger partial charge in [0, 0.05) is 28.0 Å². The lowest BCUT2D eigenvalue weighted by molar-refractivity contribution is 0.0608. The summed E-state index contributed by atoms with van der Waals surface area (Å²) in [4.78, 5) is 29.3. The minimum Gasteiger partial charge on any atom is -0.378 e. The second kappa shape index (κ2) is 8.11. The molecule has 1 unspecified atom stereocenters. The third-order valence-corrected chi connectivity index (χ3v) is 5.57. The molecule has 0 bridgehead atoms. The van der Waals surface area contributed by atoms with Crippen molar-refractivity contribution in [1.29, 1.82) is 0 Å². The highest BCUT2D eigenvalue weighted by atomic mass is 35.5. The summed E-state index contributed by atoms with van der Waals surface area (Å²) in [5.41, 5.74) is 2.13. The van der Waals surface area contributed by atoms with Gasteiger partial charge in [0.15, 0.2) is 11.5 Å². The van der Waals surface area contributed by atoms with Gasteiger partial charge in [0.05, 0.1) is 36.6 Å². The summed E-state index contributed by atoms with van der Waals surface area (Å²) in [6.07, 6.45) is 1.35. The lowest BCUT2D eigenvalue weighted by atomic mass is 9.92. The van der Waals surface area contributed by atoms with E-state index in [0.717, 1.165) is 10.9 Å². The fourth-order valence-electron chi connectivity index (χ4n) is 3.90. The SMILES string of the molecule is O=C(c1cnoc1-c1c(-c2ccccc2)c2cc(Cl)ccc2[nH]c1=O)C1COCCN1. The highest BCUT2D eigenvalue weighted by Gasteiger charge is 2.30. The van der Waals surface area contributed by atoms with Crippen molar-refractivity contribution in [3.05, 3.63) is 75.7 Å². The third-order valence-electron chi connectivity index (χ3n) is 5.34. The Morgan fingerprint density at radius 2 is 1.97 bits per heavy atom. The number of Topliss-reactive ketones (excluding diaryl/α,β-unsaturated/α-hetero) is 1. The van der Waals surface area contributed by atoms with Crippen molar-refractivity contribution in [3.8, 4) is 22.5 Å². The van der Waals surface area contributed by atoms with E-state index >= 15 is 0 Å². The van der Waals surface area contributed by atoms with Crippen molar-refractivity contribution >= 4 is 28.3 Å². The zero-order valence-electron chi connectivity index (χ0n) is 16.4. The molecule has 2 aromatic carbocycles. The molecule has 0 amide bonds.